The zero-order valence-electron chi connectivity index (χ0n) is 9.82. The second-order valence-electron chi connectivity index (χ2n) is 4.25. The smallest absolute Gasteiger partial charge is 0.0669 e. The molecule has 1 aromatic carbocycles. The van der Waals surface area contributed by atoms with Gasteiger partial charge in [0.15, 0.2) is 0 Å². The molecule has 2 nitrogen and oxygen atoms in total. The van der Waals surface area contributed by atoms with Gasteiger partial charge in [-0.25, -0.2) is 0 Å². The van der Waals surface area contributed by atoms with Crippen molar-refractivity contribution in [3.8, 4) is 0 Å². The maximum atomic E-state index is 6.25. The van der Waals surface area contributed by atoms with Crippen LogP contribution in [-0.4, -0.2) is 25.0 Å². The van der Waals surface area contributed by atoms with Gasteiger partial charge in [0.2, 0.25) is 0 Å². The van der Waals surface area contributed by atoms with Gasteiger partial charge in [-0.05, 0) is 43.5 Å². The van der Waals surface area contributed by atoms with E-state index in [1.807, 2.05) is 6.07 Å². The van der Waals surface area contributed by atoms with Gasteiger partial charge >= 0.3 is 0 Å². The molecule has 1 aliphatic heterocycles. The number of nitrogens with two attached hydrogens (primary N) is 1. The predicted octanol–water partition coefficient (Wildman–Crippen LogP) is 3.11. The molecule has 1 fully saturated rings. The van der Waals surface area contributed by atoms with E-state index in [-0.39, 0.29) is 0 Å². The first-order valence-electron chi connectivity index (χ1n) is 6.02. The summed E-state index contributed by atoms with van der Waals surface area (Å²) < 4.78 is 5.60. The highest BCUT2D eigenvalue weighted by Crippen LogP contribution is 2.30. The van der Waals surface area contributed by atoms with E-state index in [0.717, 1.165) is 28.7 Å². The van der Waals surface area contributed by atoms with Gasteiger partial charge in [-0.2, -0.15) is 0 Å². The molecule has 1 saturated heterocycles. The Morgan fingerprint density at radius 1 is 1.47 bits per heavy atom. The Hall–Kier alpha value is -0.220. The lowest BCUT2D eigenvalue weighted by molar-refractivity contribution is 0.129. The molecule has 0 spiro atoms. The topological polar surface area (TPSA) is 35.2 Å². The van der Waals surface area contributed by atoms with E-state index in [4.69, 9.17) is 22.1 Å². The van der Waals surface area contributed by atoms with Crippen LogP contribution in [0.15, 0.2) is 23.1 Å². The average Bonchev–Trinajstić information content (AvgIpc) is 2.81. The highest BCUT2D eigenvalue weighted by atomic mass is 35.5. The van der Waals surface area contributed by atoms with E-state index in [0.29, 0.717) is 12.6 Å². The SMILES string of the molecule is NCCc1ccc(SCC2CCCO2)c(Cl)c1. The number of thioether (sulfide) groups is 1. The van der Waals surface area contributed by atoms with Gasteiger partial charge in [0, 0.05) is 17.3 Å². The lowest BCUT2D eigenvalue weighted by Crippen LogP contribution is -2.07. The summed E-state index contributed by atoms with van der Waals surface area (Å²) in [6, 6.07) is 6.22. The summed E-state index contributed by atoms with van der Waals surface area (Å²) >= 11 is 8.03. The van der Waals surface area contributed by atoms with Crippen LogP contribution in [-0.2, 0) is 11.2 Å². The van der Waals surface area contributed by atoms with Gasteiger partial charge in [0.25, 0.3) is 0 Å². The molecule has 1 aliphatic rings. The fourth-order valence-corrected chi connectivity index (χ4v) is 3.30. The van der Waals surface area contributed by atoms with Crippen molar-refractivity contribution in [2.24, 2.45) is 5.73 Å². The number of ether oxygens (including phenoxy) is 1. The molecular formula is C13H18ClNOS. The van der Waals surface area contributed by atoms with E-state index in [1.54, 1.807) is 11.8 Å². The summed E-state index contributed by atoms with van der Waals surface area (Å²) in [6.07, 6.45) is 3.65. The lowest BCUT2D eigenvalue weighted by Gasteiger charge is -2.10. The average molecular weight is 272 g/mol. The molecule has 0 radical (unpaired) electrons. The Morgan fingerprint density at radius 2 is 2.35 bits per heavy atom. The molecule has 0 bridgehead atoms. The molecule has 2 N–H and O–H groups in total. The number of benzene rings is 1. The molecule has 1 aromatic rings. The van der Waals surface area contributed by atoms with Crippen LogP contribution in [0.1, 0.15) is 18.4 Å². The Bertz CT molecular complexity index is 366. The molecule has 1 heterocycles. The van der Waals surface area contributed by atoms with Crippen molar-refractivity contribution < 1.29 is 4.74 Å². The third-order valence-corrected chi connectivity index (χ3v) is 4.51. The van der Waals surface area contributed by atoms with Gasteiger partial charge in [-0.1, -0.05) is 17.7 Å². The molecule has 2 rings (SSSR count). The third kappa shape index (κ3) is 3.88. The summed E-state index contributed by atoms with van der Waals surface area (Å²) in [7, 11) is 0. The second kappa shape index (κ2) is 6.64. The van der Waals surface area contributed by atoms with Crippen molar-refractivity contribution in [3.05, 3.63) is 28.8 Å². The zero-order chi connectivity index (χ0) is 12.1. The minimum absolute atomic E-state index is 0.403. The zero-order valence-corrected chi connectivity index (χ0v) is 11.4. The van der Waals surface area contributed by atoms with Crippen molar-refractivity contribution in [2.75, 3.05) is 18.9 Å². The van der Waals surface area contributed by atoms with Crippen molar-refractivity contribution in [1.82, 2.24) is 0 Å². The molecule has 0 saturated carbocycles. The van der Waals surface area contributed by atoms with Crippen LogP contribution in [0, 0.1) is 0 Å². The van der Waals surface area contributed by atoms with E-state index in [1.165, 1.54) is 18.4 Å². The van der Waals surface area contributed by atoms with E-state index >= 15 is 0 Å². The normalized spacial score (nSPS) is 19.8. The predicted molar refractivity (Wildman–Crippen MR) is 73.9 cm³/mol. The summed E-state index contributed by atoms with van der Waals surface area (Å²) in [5.74, 6) is 0.996. The van der Waals surface area contributed by atoms with Gasteiger partial charge in [0.05, 0.1) is 11.1 Å². The summed E-state index contributed by atoms with van der Waals surface area (Å²) in [5.41, 5.74) is 6.73. The van der Waals surface area contributed by atoms with Gasteiger partial charge in [0.1, 0.15) is 0 Å². The third-order valence-electron chi connectivity index (χ3n) is 2.88. The maximum Gasteiger partial charge on any atom is 0.0669 e. The fraction of sp³-hybridized carbons (Fsp3) is 0.538. The van der Waals surface area contributed by atoms with Crippen LogP contribution in [0.2, 0.25) is 5.02 Å². The number of rotatable bonds is 5. The summed E-state index contributed by atoms with van der Waals surface area (Å²) in [4.78, 5) is 1.14. The largest absolute Gasteiger partial charge is 0.377 e. The summed E-state index contributed by atoms with van der Waals surface area (Å²) in [6.45, 7) is 1.58. The van der Waals surface area contributed by atoms with Crippen molar-refractivity contribution in [1.29, 1.82) is 0 Å². The van der Waals surface area contributed by atoms with E-state index in [9.17, 15) is 0 Å². The van der Waals surface area contributed by atoms with Crippen LogP contribution in [0.3, 0.4) is 0 Å². The Labute approximate surface area is 112 Å². The minimum Gasteiger partial charge on any atom is -0.377 e. The number of hydrogen-bond donors (Lipinski definition) is 1. The fourth-order valence-electron chi connectivity index (χ4n) is 1.94. The Kier molecular flexibility index (Phi) is 5.16. The lowest BCUT2D eigenvalue weighted by atomic mass is 10.1. The first-order valence-corrected chi connectivity index (χ1v) is 7.39. The van der Waals surface area contributed by atoms with Crippen LogP contribution in [0.4, 0.5) is 0 Å². The van der Waals surface area contributed by atoms with Crippen LogP contribution in [0.5, 0.6) is 0 Å². The van der Waals surface area contributed by atoms with Crippen molar-refractivity contribution in [3.63, 3.8) is 0 Å². The van der Waals surface area contributed by atoms with Crippen LogP contribution in [0.25, 0.3) is 0 Å². The number of halogens is 1. The minimum atomic E-state index is 0.403. The number of hydrogen-bond acceptors (Lipinski definition) is 3. The Balaban J connectivity index is 1.91. The standard InChI is InChI=1S/C13H18ClNOS/c14-12-8-10(5-6-15)3-4-13(12)17-9-11-2-1-7-16-11/h3-4,8,11H,1-2,5-7,9,15H2. The van der Waals surface area contributed by atoms with Crippen LogP contribution >= 0.6 is 23.4 Å². The molecule has 94 valence electrons. The first kappa shape index (κ1) is 13.2. The first-order chi connectivity index (χ1) is 8.29. The van der Waals surface area contributed by atoms with E-state index in [2.05, 4.69) is 12.1 Å². The highest BCUT2D eigenvalue weighted by molar-refractivity contribution is 7.99. The molecule has 0 aromatic heterocycles. The van der Waals surface area contributed by atoms with Gasteiger partial charge < -0.3 is 10.5 Å². The van der Waals surface area contributed by atoms with E-state index < -0.39 is 0 Å². The Morgan fingerprint density at radius 3 is 3.00 bits per heavy atom. The molecule has 1 unspecified atom stereocenters. The second-order valence-corrected chi connectivity index (χ2v) is 5.72. The molecular weight excluding hydrogens is 254 g/mol. The van der Waals surface area contributed by atoms with Crippen molar-refractivity contribution in [2.45, 2.75) is 30.3 Å². The molecule has 0 aliphatic carbocycles. The maximum absolute atomic E-state index is 6.25. The monoisotopic (exact) mass is 271 g/mol. The van der Waals surface area contributed by atoms with Crippen molar-refractivity contribution >= 4 is 23.4 Å². The van der Waals surface area contributed by atoms with Crippen LogP contribution < -0.4 is 5.73 Å². The molecule has 0 amide bonds. The molecule has 17 heavy (non-hydrogen) atoms. The van der Waals surface area contributed by atoms with Gasteiger partial charge in [-0.3, -0.25) is 0 Å². The van der Waals surface area contributed by atoms with Gasteiger partial charge in [-0.15, -0.1) is 11.8 Å². The molecule has 4 heteroatoms. The molecule has 1 atom stereocenters. The summed E-state index contributed by atoms with van der Waals surface area (Å²) in [5, 5.41) is 0.832. The highest BCUT2D eigenvalue weighted by Gasteiger charge is 2.16. The quantitative estimate of drug-likeness (QED) is 0.836.